The number of carbonyl (C=O) groups excluding carboxylic acids is 1. The molecule has 1 saturated heterocycles. The van der Waals surface area contributed by atoms with E-state index in [-0.39, 0.29) is 23.9 Å². The Morgan fingerprint density at radius 3 is 2.55 bits per heavy atom. The quantitative estimate of drug-likeness (QED) is 0.942. The van der Waals surface area contributed by atoms with Crippen molar-refractivity contribution >= 4 is 22.9 Å². The molecule has 3 atom stereocenters. The minimum absolute atomic E-state index is 0.0918. The summed E-state index contributed by atoms with van der Waals surface area (Å²) < 4.78 is 5.20. The summed E-state index contributed by atoms with van der Waals surface area (Å²) in [5, 5.41) is 2.03. The molecule has 4 nitrogen and oxygen atoms in total. The van der Waals surface area contributed by atoms with Crippen LogP contribution in [0.4, 0.5) is 5.69 Å². The molecule has 1 amide bonds. The Morgan fingerprint density at radius 2 is 2.00 bits per heavy atom. The van der Waals surface area contributed by atoms with Crippen LogP contribution in [-0.4, -0.2) is 19.1 Å². The van der Waals surface area contributed by atoms with Gasteiger partial charge in [-0.05, 0) is 42.1 Å². The van der Waals surface area contributed by atoms with Gasteiger partial charge in [0.1, 0.15) is 5.75 Å². The maximum atomic E-state index is 12.8. The van der Waals surface area contributed by atoms with E-state index in [1.54, 1.807) is 18.4 Å². The van der Waals surface area contributed by atoms with Gasteiger partial charge in [-0.3, -0.25) is 4.79 Å². The van der Waals surface area contributed by atoms with Crippen LogP contribution in [0, 0.1) is 5.92 Å². The SMILES string of the molecule is CC[C@H]1C(=O)N(c2ccc(OC)cc2)[C@@H](c2cccs2)[C@@H]1N. The maximum absolute atomic E-state index is 12.8. The highest BCUT2D eigenvalue weighted by atomic mass is 32.1. The highest BCUT2D eigenvalue weighted by molar-refractivity contribution is 7.10. The molecule has 1 aromatic heterocycles. The Labute approximate surface area is 134 Å². The van der Waals surface area contributed by atoms with Crippen molar-refractivity contribution in [3.63, 3.8) is 0 Å². The summed E-state index contributed by atoms with van der Waals surface area (Å²) in [6.07, 6.45) is 0.758. The number of carbonyl (C=O) groups is 1. The second kappa shape index (κ2) is 6.10. The molecular formula is C17H20N2O2S. The summed E-state index contributed by atoms with van der Waals surface area (Å²) in [7, 11) is 1.63. The Morgan fingerprint density at radius 1 is 1.27 bits per heavy atom. The van der Waals surface area contributed by atoms with Gasteiger partial charge in [0.05, 0.1) is 19.1 Å². The first-order valence-corrected chi connectivity index (χ1v) is 8.31. The van der Waals surface area contributed by atoms with Gasteiger partial charge in [-0.1, -0.05) is 13.0 Å². The van der Waals surface area contributed by atoms with Crippen LogP contribution in [-0.2, 0) is 4.79 Å². The first-order valence-electron chi connectivity index (χ1n) is 7.43. The van der Waals surface area contributed by atoms with Crippen molar-refractivity contribution in [3.8, 4) is 5.75 Å². The Bertz CT molecular complexity index is 639. The molecule has 1 aliphatic rings. The van der Waals surface area contributed by atoms with Crippen molar-refractivity contribution < 1.29 is 9.53 Å². The number of hydrogen-bond acceptors (Lipinski definition) is 4. The van der Waals surface area contributed by atoms with Crippen LogP contribution >= 0.6 is 11.3 Å². The minimum Gasteiger partial charge on any atom is -0.497 e. The first kappa shape index (κ1) is 15.1. The van der Waals surface area contributed by atoms with E-state index in [0.29, 0.717) is 0 Å². The lowest BCUT2D eigenvalue weighted by Gasteiger charge is -2.26. The van der Waals surface area contributed by atoms with Gasteiger partial charge in [0, 0.05) is 16.6 Å². The summed E-state index contributed by atoms with van der Waals surface area (Å²) in [5.74, 6) is 0.757. The lowest BCUT2D eigenvalue weighted by molar-refractivity contribution is -0.120. The first-order chi connectivity index (χ1) is 10.7. The second-order valence-electron chi connectivity index (χ2n) is 5.46. The number of thiophene rings is 1. The molecule has 1 aliphatic heterocycles. The fourth-order valence-electron chi connectivity index (χ4n) is 3.13. The largest absolute Gasteiger partial charge is 0.497 e. The number of ether oxygens (including phenoxy) is 1. The van der Waals surface area contributed by atoms with Crippen LogP contribution in [0.1, 0.15) is 24.3 Å². The van der Waals surface area contributed by atoms with E-state index in [4.69, 9.17) is 10.5 Å². The summed E-state index contributed by atoms with van der Waals surface area (Å²) >= 11 is 1.65. The van der Waals surface area contributed by atoms with Crippen LogP contribution in [0.15, 0.2) is 41.8 Å². The molecule has 0 spiro atoms. The number of nitrogens with zero attached hydrogens (tertiary/aromatic N) is 1. The third kappa shape index (κ3) is 2.40. The van der Waals surface area contributed by atoms with E-state index >= 15 is 0 Å². The Hall–Kier alpha value is -1.85. The highest BCUT2D eigenvalue weighted by Gasteiger charge is 2.46. The molecule has 116 valence electrons. The van der Waals surface area contributed by atoms with Crippen LogP contribution in [0.5, 0.6) is 5.75 Å². The number of methoxy groups -OCH3 is 1. The van der Waals surface area contributed by atoms with Crippen LogP contribution in [0.25, 0.3) is 0 Å². The number of rotatable bonds is 4. The van der Waals surface area contributed by atoms with Gasteiger partial charge in [-0.15, -0.1) is 11.3 Å². The third-order valence-corrected chi connectivity index (χ3v) is 5.23. The lowest BCUT2D eigenvalue weighted by atomic mass is 9.96. The summed E-state index contributed by atoms with van der Waals surface area (Å²) in [6, 6.07) is 11.4. The number of amides is 1. The zero-order valence-electron chi connectivity index (χ0n) is 12.7. The van der Waals surface area contributed by atoms with E-state index < -0.39 is 0 Å². The van der Waals surface area contributed by atoms with Gasteiger partial charge in [0.2, 0.25) is 5.91 Å². The van der Waals surface area contributed by atoms with Crippen molar-refractivity contribution in [2.75, 3.05) is 12.0 Å². The average molecular weight is 316 g/mol. The molecule has 2 heterocycles. The molecule has 1 aromatic carbocycles. The average Bonchev–Trinajstić information content (AvgIpc) is 3.14. The molecule has 5 heteroatoms. The number of anilines is 1. The Balaban J connectivity index is 2.02. The summed E-state index contributed by atoms with van der Waals surface area (Å²) in [5.41, 5.74) is 7.29. The smallest absolute Gasteiger partial charge is 0.232 e. The van der Waals surface area contributed by atoms with Gasteiger partial charge < -0.3 is 15.4 Å². The second-order valence-corrected chi connectivity index (χ2v) is 6.44. The molecule has 0 aliphatic carbocycles. The number of benzene rings is 1. The molecule has 0 bridgehead atoms. The summed E-state index contributed by atoms with van der Waals surface area (Å²) in [6.45, 7) is 2.02. The normalized spacial score (nSPS) is 24.8. The van der Waals surface area contributed by atoms with E-state index in [1.807, 2.05) is 47.5 Å². The number of hydrogen-bond donors (Lipinski definition) is 1. The minimum atomic E-state index is -0.182. The molecule has 2 aromatic rings. The van der Waals surface area contributed by atoms with Gasteiger partial charge >= 0.3 is 0 Å². The summed E-state index contributed by atoms with van der Waals surface area (Å²) in [4.78, 5) is 15.8. The highest BCUT2D eigenvalue weighted by Crippen LogP contribution is 2.42. The number of nitrogens with two attached hydrogens (primary N) is 1. The van der Waals surface area contributed by atoms with E-state index in [1.165, 1.54) is 0 Å². The molecule has 0 unspecified atom stereocenters. The van der Waals surface area contributed by atoms with E-state index in [9.17, 15) is 4.79 Å². The fourth-order valence-corrected chi connectivity index (χ4v) is 4.00. The zero-order valence-corrected chi connectivity index (χ0v) is 13.5. The van der Waals surface area contributed by atoms with Crippen LogP contribution < -0.4 is 15.4 Å². The molecular weight excluding hydrogens is 296 g/mol. The van der Waals surface area contributed by atoms with Gasteiger partial charge in [0.15, 0.2) is 0 Å². The third-order valence-electron chi connectivity index (χ3n) is 4.29. The molecule has 0 radical (unpaired) electrons. The molecule has 22 heavy (non-hydrogen) atoms. The van der Waals surface area contributed by atoms with Crippen molar-refractivity contribution in [3.05, 3.63) is 46.7 Å². The van der Waals surface area contributed by atoms with E-state index in [2.05, 4.69) is 6.07 Å². The van der Waals surface area contributed by atoms with Crippen molar-refractivity contribution in [2.24, 2.45) is 11.7 Å². The van der Waals surface area contributed by atoms with Gasteiger partial charge in [0.25, 0.3) is 0 Å². The monoisotopic (exact) mass is 316 g/mol. The van der Waals surface area contributed by atoms with Crippen LogP contribution in [0.2, 0.25) is 0 Å². The van der Waals surface area contributed by atoms with Crippen molar-refractivity contribution in [1.82, 2.24) is 0 Å². The zero-order chi connectivity index (χ0) is 15.7. The standard InChI is InChI=1S/C17H20N2O2S/c1-3-13-15(18)16(14-5-4-10-22-14)19(17(13)20)11-6-8-12(21-2)9-7-11/h4-10,13,15-16H,3,18H2,1-2H3/t13-,15-,16+/m1/s1. The van der Waals surface area contributed by atoms with Crippen LogP contribution in [0.3, 0.4) is 0 Å². The fraction of sp³-hybridized carbons (Fsp3) is 0.353. The molecule has 0 saturated carbocycles. The van der Waals surface area contributed by atoms with Crippen molar-refractivity contribution in [2.45, 2.75) is 25.4 Å². The molecule has 2 N–H and O–H groups in total. The van der Waals surface area contributed by atoms with Crippen molar-refractivity contribution in [1.29, 1.82) is 0 Å². The molecule has 3 rings (SSSR count). The Kier molecular flexibility index (Phi) is 4.18. The van der Waals surface area contributed by atoms with E-state index in [0.717, 1.165) is 22.7 Å². The predicted octanol–water partition coefficient (Wildman–Crippen LogP) is 3.20. The molecule has 1 fully saturated rings. The predicted molar refractivity (Wildman–Crippen MR) is 89.3 cm³/mol. The topological polar surface area (TPSA) is 55.6 Å². The maximum Gasteiger partial charge on any atom is 0.232 e. The van der Waals surface area contributed by atoms with Gasteiger partial charge in [-0.25, -0.2) is 0 Å². The van der Waals surface area contributed by atoms with Gasteiger partial charge in [-0.2, -0.15) is 0 Å². The lowest BCUT2D eigenvalue weighted by Crippen LogP contribution is -2.33.